The SMILES string of the molecule is COC(=O)Cn1c(C2CC(=O)N(c3ccc(OC)cc3)C2)nc2ccccc21. The highest BCUT2D eigenvalue weighted by Gasteiger charge is 2.35. The zero-order valence-corrected chi connectivity index (χ0v) is 15.8. The molecule has 0 bridgehead atoms. The molecule has 0 radical (unpaired) electrons. The maximum atomic E-state index is 12.7. The Morgan fingerprint density at radius 3 is 2.61 bits per heavy atom. The molecule has 0 saturated carbocycles. The zero-order valence-electron chi connectivity index (χ0n) is 15.8. The van der Waals surface area contributed by atoms with E-state index in [1.807, 2.05) is 53.1 Å². The Balaban J connectivity index is 1.67. The van der Waals surface area contributed by atoms with Crippen LogP contribution < -0.4 is 9.64 Å². The minimum absolute atomic E-state index is 0.0341. The molecule has 0 spiro atoms. The van der Waals surface area contributed by atoms with Gasteiger partial charge >= 0.3 is 5.97 Å². The van der Waals surface area contributed by atoms with Crippen molar-refractivity contribution in [3.8, 4) is 5.75 Å². The summed E-state index contributed by atoms with van der Waals surface area (Å²) in [5, 5.41) is 0. The van der Waals surface area contributed by atoms with Gasteiger partial charge in [-0.3, -0.25) is 9.59 Å². The van der Waals surface area contributed by atoms with E-state index >= 15 is 0 Å². The second-order valence-electron chi connectivity index (χ2n) is 6.72. The Morgan fingerprint density at radius 1 is 1.14 bits per heavy atom. The average molecular weight is 379 g/mol. The molecule has 1 aromatic heterocycles. The number of fused-ring (bicyclic) bond motifs is 1. The van der Waals surface area contributed by atoms with Gasteiger partial charge in [0.15, 0.2) is 0 Å². The number of carbonyl (C=O) groups excluding carboxylic acids is 2. The number of amides is 1. The molecule has 1 unspecified atom stereocenters. The predicted octanol–water partition coefficient (Wildman–Crippen LogP) is 2.74. The van der Waals surface area contributed by atoms with Crippen LogP contribution in [0.25, 0.3) is 11.0 Å². The summed E-state index contributed by atoms with van der Waals surface area (Å²) in [6.07, 6.45) is 0.344. The van der Waals surface area contributed by atoms with E-state index in [1.165, 1.54) is 7.11 Å². The number of hydrogen-bond acceptors (Lipinski definition) is 5. The van der Waals surface area contributed by atoms with Crippen molar-refractivity contribution in [3.05, 3.63) is 54.4 Å². The van der Waals surface area contributed by atoms with Gasteiger partial charge in [0.2, 0.25) is 5.91 Å². The summed E-state index contributed by atoms with van der Waals surface area (Å²) in [5.41, 5.74) is 2.49. The largest absolute Gasteiger partial charge is 0.497 e. The van der Waals surface area contributed by atoms with Crippen LogP contribution in [0.1, 0.15) is 18.2 Å². The minimum Gasteiger partial charge on any atom is -0.497 e. The number of para-hydroxylation sites is 2. The van der Waals surface area contributed by atoms with Crippen LogP contribution in [-0.2, 0) is 20.9 Å². The van der Waals surface area contributed by atoms with Crippen molar-refractivity contribution in [2.75, 3.05) is 25.7 Å². The molecule has 144 valence electrons. The molecule has 7 heteroatoms. The van der Waals surface area contributed by atoms with Crippen LogP contribution in [-0.4, -0.2) is 42.2 Å². The summed E-state index contributed by atoms with van der Waals surface area (Å²) in [7, 11) is 2.98. The van der Waals surface area contributed by atoms with Crippen LogP contribution in [0.2, 0.25) is 0 Å². The molecule has 3 aromatic rings. The first kappa shape index (κ1) is 18.0. The van der Waals surface area contributed by atoms with Gasteiger partial charge in [-0.15, -0.1) is 0 Å². The topological polar surface area (TPSA) is 73.7 Å². The number of methoxy groups -OCH3 is 2. The Morgan fingerprint density at radius 2 is 1.89 bits per heavy atom. The molecular weight excluding hydrogens is 358 g/mol. The molecule has 1 aliphatic rings. The number of imidazole rings is 1. The van der Waals surface area contributed by atoms with Crippen molar-refractivity contribution in [2.45, 2.75) is 18.9 Å². The first-order chi connectivity index (χ1) is 13.6. The second-order valence-corrected chi connectivity index (χ2v) is 6.72. The standard InChI is InChI=1S/C21H21N3O4/c1-27-16-9-7-15(8-10-16)23-12-14(11-19(23)25)21-22-17-5-3-4-6-18(17)24(21)13-20(26)28-2/h3-10,14H,11-13H2,1-2H3. The quantitative estimate of drug-likeness (QED) is 0.638. The maximum absolute atomic E-state index is 12.7. The molecule has 2 heterocycles. The number of rotatable bonds is 5. The summed E-state index contributed by atoms with van der Waals surface area (Å²) in [5.74, 6) is 1.06. The zero-order chi connectivity index (χ0) is 19.7. The van der Waals surface area contributed by atoms with Crippen molar-refractivity contribution in [3.63, 3.8) is 0 Å². The molecule has 0 aliphatic carbocycles. The molecule has 1 aliphatic heterocycles. The summed E-state index contributed by atoms with van der Waals surface area (Å²) >= 11 is 0. The highest BCUT2D eigenvalue weighted by molar-refractivity contribution is 5.96. The summed E-state index contributed by atoms with van der Waals surface area (Å²) in [6, 6.07) is 15.1. The second kappa shape index (κ2) is 7.34. The fraction of sp³-hybridized carbons (Fsp3) is 0.286. The van der Waals surface area contributed by atoms with Crippen molar-refractivity contribution in [2.24, 2.45) is 0 Å². The molecular formula is C21H21N3O4. The number of aromatic nitrogens is 2. The third-order valence-corrected chi connectivity index (χ3v) is 5.07. The van der Waals surface area contributed by atoms with Gasteiger partial charge < -0.3 is 18.9 Å². The number of nitrogens with zero attached hydrogens (tertiary/aromatic N) is 3. The number of esters is 1. The van der Waals surface area contributed by atoms with Gasteiger partial charge in [-0.1, -0.05) is 12.1 Å². The van der Waals surface area contributed by atoms with E-state index in [0.717, 1.165) is 28.3 Å². The number of anilines is 1. The Labute approximate surface area is 162 Å². The van der Waals surface area contributed by atoms with Crippen LogP contribution in [0.3, 0.4) is 0 Å². The first-order valence-corrected chi connectivity index (χ1v) is 9.07. The predicted molar refractivity (Wildman–Crippen MR) is 104 cm³/mol. The molecule has 28 heavy (non-hydrogen) atoms. The normalized spacial score (nSPS) is 16.6. The van der Waals surface area contributed by atoms with Gasteiger partial charge in [-0.2, -0.15) is 0 Å². The van der Waals surface area contributed by atoms with Gasteiger partial charge in [-0.05, 0) is 36.4 Å². The highest BCUT2D eigenvalue weighted by Crippen LogP contribution is 2.33. The number of ether oxygens (including phenoxy) is 2. The van der Waals surface area contributed by atoms with Crippen molar-refractivity contribution < 1.29 is 19.1 Å². The third kappa shape index (κ3) is 3.19. The summed E-state index contributed by atoms with van der Waals surface area (Å²) < 4.78 is 11.9. The fourth-order valence-corrected chi connectivity index (χ4v) is 3.66. The molecule has 1 atom stereocenters. The number of benzene rings is 2. The van der Waals surface area contributed by atoms with Crippen molar-refractivity contribution >= 4 is 28.6 Å². The monoisotopic (exact) mass is 379 g/mol. The van der Waals surface area contributed by atoms with Crippen LogP contribution >= 0.6 is 0 Å². The van der Waals surface area contributed by atoms with E-state index < -0.39 is 0 Å². The van der Waals surface area contributed by atoms with Crippen molar-refractivity contribution in [1.29, 1.82) is 0 Å². The summed E-state index contributed by atoms with van der Waals surface area (Å²) in [6.45, 7) is 0.579. The van der Waals surface area contributed by atoms with Crippen LogP contribution in [0.5, 0.6) is 5.75 Å². The molecule has 1 amide bonds. The fourth-order valence-electron chi connectivity index (χ4n) is 3.66. The Kier molecular flexibility index (Phi) is 4.73. The van der Waals surface area contributed by atoms with E-state index in [9.17, 15) is 9.59 Å². The van der Waals surface area contributed by atoms with E-state index in [0.29, 0.717) is 13.0 Å². The maximum Gasteiger partial charge on any atom is 0.325 e. The van der Waals surface area contributed by atoms with Crippen LogP contribution in [0, 0.1) is 0 Å². The molecule has 1 fully saturated rings. The third-order valence-electron chi connectivity index (χ3n) is 5.07. The average Bonchev–Trinajstić information content (AvgIpc) is 3.28. The lowest BCUT2D eigenvalue weighted by molar-refractivity contribution is -0.141. The first-order valence-electron chi connectivity index (χ1n) is 9.07. The molecule has 4 rings (SSSR count). The van der Waals surface area contributed by atoms with Gasteiger partial charge in [0, 0.05) is 24.6 Å². The Hall–Kier alpha value is -3.35. The van der Waals surface area contributed by atoms with E-state index in [1.54, 1.807) is 12.0 Å². The van der Waals surface area contributed by atoms with E-state index in [4.69, 9.17) is 14.5 Å². The van der Waals surface area contributed by atoms with Gasteiger partial charge in [-0.25, -0.2) is 4.98 Å². The van der Waals surface area contributed by atoms with E-state index in [2.05, 4.69) is 0 Å². The lowest BCUT2D eigenvalue weighted by Gasteiger charge is -2.17. The van der Waals surface area contributed by atoms with Crippen molar-refractivity contribution in [1.82, 2.24) is 9.55 Å². The number of hydrogen-bond donors (Lipinski definition) is 0. The number of carbonyl (C=O) groups is 2. The summed E-state index contributed by atoms with van der Waals surface area (Å²) in [4.78, 5) is 31.1. The lowest BCUT2D eigenvalue weighted by atomic mass is 10.1. The van der Waals surface area contributed by atoms with Crippen LogP contribution in [0.4, 0.5) is 5.69 Å². The molecule has 2 aromatic carbocycles. The smallest absolute Gasteiger partial charge is 0.325 e. The molecule has 1 saturated heterocycles. The van der Waals surface area contributed by atoms with Gasteiger partial charge in [0.1, 0.15) is 18.1 Å². The van der Waals surface area contributed by atoms with Gasteiger partial charge in [0.05, 0.1) is 25.3 Å². The van der Waals surface area contributed by atoms with Gasteiger partial charge in [0.25, 0.3) is 0 Å². The Bertz CT molecular complexity index is 1030. The molecule has 7 nitrogen and oxygen atoms in total. The lowest BCUT2D eigenvalue weighted by Crippen LogP contribution is -2.24. The molecule has 0 N–H and O–H groups in total. The minimum atomic E-state index is -0.347. The van der Waals surface area contributed by atoms with E-state index in [-0.39, 0.29) is 24.3 Å². The highest BCUT2D eigenvalue weighted by atomic mass is 16.5. The van der Waals surface area contributed by atoms with Crippen LogP contribution in [0.15, 0.2) is 48.5 Å².